The molecule has 40 heavy (non-hydrogen) atoms. The van der Waals surface area contributed by atoms with Crippen LogP contribution >= 0.6 is 0 Å². The van der Waals surface area contributed by atoms with Gasteiger partial charge in [0.1, 0.15) is 24.6 Å². The Morgan fingerprint density at radius 3 is 1.77 bits per heavy atom. The summed E-state index contributed by atoms with van der Waals surface area (Å²) in [5.41, 5.74) is 0.832. The van der Waals surface area contributed by atoms with Gasteiger partial charge < -0.3 is 23.1 Å². The molecule has 0 aliphatic carbocycles. The minimum absolute atomic E-state index is 0.00182. The molecule has 4 atom stereocenters. The largest absolute Gasteiger partial charge is 0.492 e. The van der Waals surface area contributed by atoms with Crippen molar-refractivity contribution in [3.63, 3.8) is 0 Å². The number of ether oxygens (including phenoxy) is 1. The van der Waals surface area contributed by atoms with Crippen LogP contribution < -0.4 is 0 Å². The lowest BCUT2D eigenvalue weighted by Gasteiger charge is -2.44. The standard InChI is InChI=1S/C28H54N4O5Si3/c1-26(2,3)38(10,11)34-16-19-21(36-39(12,13)27(4,5)6)22(37-40(14,15)28(7,8)9)25(35-19)32-18-31-20-23(32)29-17-30-24(20)33/h17-19,21-22,25H,16H2,1-15H3,(H,29,30,33)/t19-,21-,22-,25-/m1/s1. The summed E-state index contributed by atoms with van der Waals surface area (Å²) in [4.78, 5) is 12.8. The Kier molecular flexibility index (Phi) is 9.03. The van der Waals surface area contributed by atoms with E-state index in [0.29, 0.717) is 17.8 Å². The van der Waals surface area contributed by atoms with Gasteiger partial charge in [-0.15, -0.1) is 0 Å². The highest BCUT2D eigenvalue weighted by molar-refractivity contribution is 6.75. The third-order valence-corrected chi connectivity index (χ3v) is 23.2. The van der Waals surface area contributed by atoms with Gasteiger partial charge in [-0.3, -0.25) is 4.57 Å². The van der Waals surface area contributed by atoms with Crippen molar-refractivity contribution in [2.75, 3.05) is 6.61 Å². The fraction of sp³-hybridized carbons (Fsp3) is 0.821. The molecule has 2 aromatic rings. The fourth-order valence-corrected chi connectivity index (χ4v) is 7.52. The fourth-order valence-electron chi connectivity index (χ4n) is 3.90. The Balaban J connectivity index is 2.15. The zero-order valence-electron chi connectivity index (χ0n) is 27.5. The summed E-state index contributed by atoms with van der Waals surface area (Å²) in [6, 6.07) is 0. The summed E-state index contributed by atoms with van der Waals surface area (Å²) in [5.74, 6) is -0.157. The van der Waals surface area contributed by atoms with Crippen LogP contribution in [0.5, 0.6) is 5.88 Å². The van der Waals surface area contributed by atoms with Gasteiger partial charge in [0.2, 0.25) is 5.88 Å². The SMILES string of the molecule is CC(C)(C)[Si](C)(C)OC[C@H]1O[C@@H](n2cnc3c(O)ncnc32)[C@H](O[Si](C)(C)C(C)(C)C)[C@@H]1O[Si](C)(C)C(C)(C)C. The van der Waals surface area contributed by atoms with Crippen molar-refractivity contribution < 1.29 is 23.1 Å². The molecule has 0 spiro atoms. The predicted molar refractivity (Wildman–Crippen MR) is 168 cm³/mol. The number of aromatic hydroxyl groups is 1. The van der Waals surface area contributed by atoms with Gasteiger partial charge in [-0.2, -0.15) is 4.98 Å². The second-order valence-corrected chi connectivity index (χ2v) is 30.2. The molecule has 0 saturated carbocycles. The molecule has 1 fully saturated rings. The normalized spacial score (nSPS) is 23.8. The molecule has 9 nitrogen and oxygen atoms in total. The summed E-state index contributed by atoms with van der Waals surface area (Å²) in [6.45, 7) is 34.2. The van der Waals surface area contributed by atoms with Gasteiger partial charge in [-0.25, -0.2) is 9.97 Å². The van der Waals surface area contributed by atoms with E-state index in [1.54, 1.807) is 6.33 Å². The third-order valence-electron chi connectivity index (χ3n) is 9.79. The van der Waals surface area contributed by atoms with Crippen LogP contribution in [0.25, 0.3) is 11.2 Å². The highest BCUT2D eigenvalue weighted by Crippen LogP contribution is 2.47. The molecule has 228 valence electrons. The minimum Gasteiger partial charge on any atom is -0.492 e. The van der Waals surface area contributed by atoms with E-state index in [-0.39, 0.29) is 33.2 Å². The van der Waals surface area contributed by atoms with E-state index in [1.807, 2.05) is 4.57 Å². The summed E-state index contributed by atoms with van der Waals surface area (Å²) in [6.07, 6.45) is 1.32. The quantitative estimate of drug-likeness (QED) is 0.312. The molecule has 0 bridgehead atoms. The third kappa shape index (κ3) is 6.57. The lowest BCUT2D eigenvalue weighted by atomic mass is 10.1. The molecule has 1 aliphatic heterocycles. The molecule has 0 unspecified atom stereocenters. The predicted octanol–water partition coefficient (Wildman–Crippen LogP) is 7.23. The maximum absolute atomic E-state index is 10.4. The van der Waals surface area contributed by atoms with Crippen molar-refractivity contribution in [2.24, 2.45) is 0 Å². The van der Waals surface area contributed by atoms with Crippen LogP contribution in [0.1, 0.15) is 68.5 Å². The number of imidazole rings is 1. The number of hydrogen-bond acceptors (Lipinski definition) is 8. The maximum Gasteiger partial charge on any atom is 0.242 e. The molecule has 1 aliphatic rings. The number of rotatable bonds is 8. The highest BCUT2D eigenvalue weighted by atomic mass is 28.4. The van der Waals surface area contributed by atoms with Gasteiger partial charge in [-0.1, -0.05) is 62.3 Å². The molecule has 1 N–H and O–H groups in total. The van der Waals surface area contributed by atoms with E-state index in [4.69, 9.17) is 18.0 Å². The first-order valence-electron chi connectivity index (χ1n) is 14.4. The van der Waals surface area contributed by atoms with Gasteiger partial charge >= 0.3 is 0 Å². The molecule has 12 heteroatoms. The van der Waals surface area contributed by atoms with Crippen molar-refractivity contribution in [1.29, 1.82) is 0 Å². The van der Waals surface area contributed by atoms with E-state index in [2.05, 4.69) is 117 Å². The number of hydrogen-bond donors (Lipinski definition) is 1. The molecule has 0 radical (unpaired) electrons. The van der Waals surface area contributed by atoms with Crippen molar-refractivity contribution in [2.45, 2.75) is 141 Å². The van der Waals surface area contributed by atoms with Crippen LogP contribution in [0.2, 0.25) is 54.4 Å². The molecule has 3 heterocycles. The molecule has 3 rings (SSSR count). The number of nitrogens with zero attached hydrogens (tertiary/aromatic N) is 4. The van der Waals surface area contributed by atoms with Crippen molar-refractivity contribution in [3.8, 4) is 5.88 Å². The zero-order valence-corrected chi connectivity index (χ0v) is 30.5. The van der Waals surface area contributed by atoms with Crippen molar-refractivity contribution in [1.82, 2.24) is 19.5 Å². The van der Waals surface area contributed by atoms with E-state index in [0.717, 1.165) is 0 Å². The van der Waals surface area contributed by atoms with Crippen LogP contribution in [0.4, 0.5) is 0 Å². The first-order valence-corrected chi connectivity index (χ1v) is 23.1. The van der Waals surface area contributed by atoms with Gasteiger partial charge in [0, 0.05) is 0 Å². The topological polar surface area (TPSA) is 101 Å². The average Bonchev–Trinajstić information content (AvgIpc) is 3.32. The first-order chi connectivity index (χ1) is 17.9. The van der Waals surface area contributed by atoms with E-state index < -0.39 is 37.3 Å². The van der Waals surface area contributed by atoms with Gasteiger partial charge in [0.25, 0.3) is 0 Å². The molecule has 0 aromatic carbocycles. The lowest BCUT2D eigenvalue weighted by Crippen LogP contribution is -2.54. The summed E-state index contributed by atoms with van der Waals surface area (Å²) < 4.78 is 29.9. The smallest absolute Gasteiger partial charge is 0.242 e. The average molecular weight is 611 g/mol. The van der Waals surface area contributed by atoms with E-state index >= 15 is 0 Å². The molecular weight excluding hydrogens is 557 g/mol. The Hall–Kier alpha value is -1.16. The molecule has 2 aromatic heterocycles. The van der Waals surface area contributed by atoms with Crippen LogP contribution in [-0.2, 0) is 18.0 Å². The van der Waals surface area contributed by atoms with Crippen LogP contribution in [-0.4, -0.2) is 74.5 Å². The van der Waals surface area contributed by atoms with Gasteiger partial charge in [0.05, 0.1) is 12.9 Å². The summed E-state index contributed by atoms with van der Waals surface area (Å²) in [7, 11) is -6.58. The van der Waals surface area contributed by atoms with E-state index in [1.165, 1.54) is 6.33 Å². The zero-order chi connectivity index (χ0) is 30.7. The van der Waals surface area contributed by atoms with E-state index in [9.17, 15) is 5.11 Å². The Morgan fingerprint density at radius 1 is 0.775 bits per heavy atom. The Bertz CT molecular complexity index is 1180. The minimum atomic E-state index is -2.28. The van der Waals surface area contributed by atoms with Crippen LogP contribution in [0.3, 0.4) is 0 Å². The maximum atomic E-state index is 10.4. The number of aromatic nitrogens is 4. The van der Waals surface area contributed by atoms with Crippen molar-refractivity contribution >= 4 is 36.1 Å². The summed E-state index contributed by atoms with van der Waals surface area (Å²) in [5, 5.41) is 10.4. The van der Waals surface area contributed by atoms with Gasteiger partial charge in [0.15, 0.2) is 42.3 Å². The monoisotopic (exact) mass is 610 g/mol. The number of fused-ring (bicyclic) bond motifs is 1. The second kappa shape index (κ2) is 10.8. The molecule has 0 amide bonds. The first kappa shape index (κ1) is 33.3. The Morgan fingerprint density at radius 2 is 1.27 bits per heavy atom. The molecule has 1 saturated heterocycles. The van der Waals surface area contributed by atoms with Crippen molar-refractivity contribution in [3.05, 3.63) is 12.7 Å². The lowest BCUT2D eigenvalue weighted by molar-refractivity contribution is -0.0470. The van der Waals surface area contributed by atoms with Crippen LogP contribution in [0, 0.1) is 0 Å². The second-order valence-electron chi connectivity index (χ2n) is 15.8. The Labute approximate surface area is 244 Å². The highest BCUT2D eigenvalue weighted by Gasteiger charge is 2.55. The van der Waals surface area contributed by atoms with Gasteiger partial charge in [-0.05, 0) is 54.4 Å². The van der Waals surface area contributed by atoms with Crippen LogP contribution in [0.15, 0.2) is 12.7 Å². The molecular formula is C28H54N4O5Si3. The summed E-state index contributed by atoms with van der Waals surface area (Å²) >= 11 is 0.